The van der Waals surface area contributed by atoms with Crippen LogP contribution >= 0.6 is 0 Å². The van der Waals surface area contributed by atoms with Crippen molar-refractivity contribution in [2.75, 3.05) is 13.1 Å². The Kier molecular flexibility index (Phi) is 3.48. The molecule has 1 rings (SSSR count). The van der Waals surface area contributed by atoms with Crippen LogP contribution in [0.5, 0.6) is 0 Å². The molecule has 2 unspecified atom stereocenters. The van der Waals surface area contributed by atoms with Crippen molar-refractivity contribution in [3.63, 3.8) is 0 Å². The van der Waals surface area contributed by atoms with Gasteiger partial charge in [0.2, 0.25) is 5.91 Å². The molecule has 0 aromatic heterocycles. The van der Waals surface area contributed by atoms with Gasteiger partial charge in [0.05, 0.1) is 6.54 Å². The maximum atomic E-state index is 12.6. The predicted molar refractivity (Wildman–Crippen MR) is 48.7 cm³/mol. The van der Waals surface area contributed by atoms with Crippen molar-refractivity contribution in [1.29, 1.82) is 0 Å². The molecule has 2 atom stereocenters. The Balaban J connectivity index is 2.66. The van der Waals surface area contributed by atoms with Crippen molar-refractivity contribution in [2.45, 2.75) is 17.8 Å². The number of aliphatic hydroxyl groups is 1. The molecule has 2 N–H and O–H groups in total. The minimum atomic E-state index is -4.82. The van der Waals surface area contributed by atoms with E-state index in [2.05, 4.69) is 0 Å². The van der Waals surface area contributed by atoms with E-state index in [0.717, 1.165) is 4.90 Å². The first-order chi connectivity index (χ1) is 7.21. The SMILES string of the molecule is O=C(O)C(O)CN1CC(S(=O)(=O)F)CC1=O. The summed E-state index contributed by atoms with van der Waals surface area (Å²) in [6, 6.07) is 0. The number of β-amino-alcohol motifs (C(OH)–C–C–N with tert-alkyl or cyclic N) is 1. The number of rotatable bonds is 4. The molecule has 1 heterocycles. The number of likely N-dealkylation sites (tertiary alicyclic amines) is 1. The number of halogens is 1. The summed E-state index contributed by atoms with van der Waals surface area (Å²) in [6.07, 6.45) is -2.32. The maximum absolute atomic E-state index is 12.6. The van der Waals surface area contributed by atoms with Crippen molar-refractivity contribution in [3.8, 4) is 0 Å². The van der Waals surface area contributed by atoms with Gasteiger partial charge in [-0.1, -0.05) is 0 Å². The molecular weight excluding hydrogens is 245 g/mol. The smallest absolute Gasteiger partial charge is 0.334 e. The monoisotopic (exact) mass is 255 g/mol. The summed E-state index contributed by atoms with van der Waals surface area (Å²) in [6.45, 7) is -0.970. The lowest BCUT2D eigenvalue weighted by Crippen LogP contribution is -2.38. The molecule has 9 heteroatoms. The lowest BCUT2D eigenvalue weighted by molar-refractivity contribution is -0.148. The second-order valence-electron chi connectivity index (χ2n) is 3.45. The molecule has 0 radical (unpaired) electrons. The second kappa shape index (κ2) is 4.34. The Morgan fingerprint density at radius 3 is 2.56 bits per heavy atom. The fourth-order valence-electron chi connectivity index (χ4n) is 1.39. The zero-order valence-electron chi connectivity index (χ0n) is 8.04. The molecular formula is C7H10FNO6S. The summed E-state index contributed by atoms with van der Waals surface area (Å²) in [4.78, 5) is 22.3. The van der Waals surface area contributed by atoms with Gasteiger partial charge in [-0.15, -0.1) is 3.89 Å². The van der Waals surface area contributed by atoms with Gasteiger partial charge in [0.15, 0.2) is 6.10 Å². The van der Waals surface area contributed by atoms with Gasteiger partial charge in [-0.05, 0) is 0 Å². The van der Waals surface area contributed by atoms with E-state index in [1.165, 1.54) is 0 Å². The van der Waals surface area contributed by atoms with Crippen LogP contribution in [0.2, 0.25) is 0 Å². The molecule has 0 aromatic carbocycles. The van der Waals surface area contributed by atoms with E-state index >= 15 is 0 Å². The number of hydrogen-bond donors (Lipinski definition) is 2. The van der Waals surface area contributed by atoms with Gasteiger partial charge in [0.1, 0.15) is 5.25 Å². The van der Waals surface area contributed by atoms with E-state index < -0.39 is 53.0 Å². The van der Waals surface area contributed by atoms with Crippen LogP contribution < -0.4 is 0 Å². The Labute approximate surface area is 90.7 Å². The Bertz CT molecular complexity index is 407. The molecule has 16 heavy (non-hydrogen) atoms. The summed E-state index contributed by atoms with van der Waals surface area (Å²) in [5.41, 5.74) is 0. The summed E-state index contributed by atoms with van der Waals surface area (Å²) in [5.74, 6) is -2.22. The highest BCUT2D eigenvalue weighted by molar-refractivity contribution is 7.87. The molecule has 1 amide bonds. The van der Waals surface area contributed by atoms with Crippen LogP contribution in [0.25, 0.3) is 0 Å². The van der Waals surface area contributed by atoms with Crippen LogP contribution in [0.3, 0.4) is 0 Å². The molecule has 0 aromatic rings. The number of nitrogens with zero attached hydrogens (tertiary/aromatic N) is 1. The minimum Gasteiger partial charge on any atom is -0.479 e. The van der Waals surface area contributed by atoms with Gasteiger partial charge in [0.25, 0.3) is 0 Å². The van der Waals surface area contributed by atoms with Gasteiger partial charge < -0.3 is 15.1 Å². The average Bonchev–Trinajstić information content (AvgIpc) is 2.47. The molecule has 1 saturated heterocycles. The van der Waals surface area contributed by atoms with E-state index in [1.807, 2.05) is 0 Å². The van der Waals surface area contributed by atoms with Crippen molar-refractivity contribution in [3.05, 3.63) is 0 Å². The van der Waals surface area contributed by atoms with Gasteiger partial charge in [-0.2, -0.15) is 8.42 Å². The number of carboxylic acids is 1. The molecule has 7 nitrogen and oxygen atoms in total. The predicted octanol–water partition coefficient (Wildman–Crippen LogP) is -1.67. The first kappa shape index (κ1) is 12.8. The Hall–Kier alpha value is -1.22. The Morgan fingerprint density at radius 2 is 2.19 bits per heavy atom. The van der Waals surface area contributed by atoms with E-state index in [4.69, 9.17) is 10.2 Å². The zero-order valence-corrected chi connectivity index (χ0v) is 8.85. The van der Waals surface area contributed by atoms with Crippen molar-refractivity contribution >= 4 is 22.1 Å². The Morgan fingerprint density at radius 1 is 1.62 bits per heavy atom. The number of amides is 1. The average molecular weight is 255 g/mol. The van der Waals surface area contributed by atoms with Crippen molar-refractivity contribution in [2.24, 2.45) is 0 Å². The summed E-state index contributed by atoms with van der Waals surface area (Å²) in [5, 5.41) is 15.9. The summed E-state index contributed by atoms with van der Waals surface area (Å²) in [7, 11) is -4.82. The normalized spacial score (nSPS) is 23.5. The fraction of sp³-hybridized carbons (Fsp3) is 0.714. The molecule has 0 bridgehead atoms. The lowest BCUT2D eigenvalue weighted by atomic mass is 10.3. The number of aliphatic carboxylic acids is 1. The number of aliphatic hydroxyl groups excluding tert-OH is 1. The van der Waals surface area contributed by atoms with Gasteiger partial charge >= 0.3 is 16.2 Å². The molecule has 92 valence electrons. The summed E-state index contributed by atoms with van der Waals surface area (Å²) >= 11 is 0. The van der Waals surface area contributed by atoms with Crippen LogP contribution in [-0.4, -0.2) is 59.9 Å². The van der Waals surface area contributed by atoms with Gasteiger partial charge in [-0.25, -0.2) is 4.79 Å². The van der Waals surface area contributed by atoms with Crippen LogP contribution in [0, 0.1) is 0 Å². The highest BCUT2D eigenvalue weighted by Crippen LogP contribution is 2.19. The van der Waals surface area contributed by atoms with Crippen LogP contribution in [0.1, 0.15) is 6.42 Å². The van der Waals surface area contributed by atoms with Gasteiger partial charge in [0, 0.05) is 13.0 Å². The molecule has 1 aliphatic heterocycles. The molecule has 1 aliphatic rings. The fourth-order valence-corrected chi connectivity index (χ4v) is 2.09. The zero-order chi connectivity index (χ0) is 12.5. The topological polar surface area (TPSA) is 112 Å². The van der Waals surface area contributed by atoms with E-state index in [-0.39, 0.29) is 0 Å². The first-order valence-corrected chi connectivity index (χ1v) is 5.78. The standard InChI is InChI=1S/C7H10FNO6S/c8-16(14,15)4-1-6(11)9(2-4)3-5(10)7(12)13/h4-5,10H,1-3H2,(H,12,13). The van der Waals surface area contributed by atoms with Crippen LogP contribution in [0.4, 0.5) is 3.89 Å². The third kappa shape index (κ3) is 2.89. The first-order valence-electron chi connectivity index (χ1n) is 4.34. The maximum Gasteiger partial charge on any atom is 0.334 e. The van der Waals surface area contributed by atoms with Gasteiger partial charge in [-0.3, -0.25) is 4.79 Å². The third-order valence-corrected chi connectivity index (χ3v) is 3.37. The molecule has 0 aliphatic carbocycles. The second-order valence-corrected chi connectivity index (χ2v) is 5.07. The van der Waals surface area contributed by atoms with Crippen molar-refractivity contribution < 1.29 is 32.1 Å². The number of carbonyl (C=O) groups is 2. The molecule has 0 spiro atoms. The molecule has 1 fully saturated rings. The largest absolute Gasteiger partial charge is 0.479 e. The molecule has 0 saturated carbocycles. The summed E-state index contributed by atoms with van der Waals surface area (Å²) < 4.78 is 33.6. The lowest BCUT2D eigenvalue weighted by Gasteiger charge is -2.17. The van der Waals surface area contributed by atoms with Crippen molar-refractivity contribution in [1.82, 2.24) is 4.90 Å². The number of carboxylic acid groups (broad SMARTS) is 1. The van der Waals surface area contributed by atoms with Crippen LogP contribution in [-0.2, 0) is 19.8 Å². The quantitative estimate of drug-likeness (QED) is 0.581. The van der Waals surface area contributed by atoms with E-state index in [1.54, 1.807) is 0 Å². The number of hydrogen-bond acceptors (Lipinski definition) is 5. The highest BCUT2D eigenvalue weighted by atomic mass is 32.3. The van der Waals surface area contributed by atoms with E-state index in [9.17, 15) is 21.9 Å². The van der Waals surface area contributed by atoms with Crippen LogP contribution in [0.15, 0.2) is 0 Å². The minimum absolute atomic E-state index is 0.429. The highest BCUT2D eigenvalue weighted by Gasteiger charge is 2.39. The number of carbonyl (C=O) groups excluding carboxylic acids is 1. The third-order valence-electron chi connectivity index (χ3n) is 2.26. The van der Waals surface area contributed by atoms with E-state index in [0.29, 0.717) is 0 Å².